The maximum Gasteiger partial charge on any atom is 0.449 e. The number of esters is 1. The van der Waals surface area contributed by atoms with Gasteiger partial charge in [0.2, 0.25) is 0 Å². The largest absolute Gasteiger partial charge is 0.449 e. The molecular weight excluding hydrogens is 489 g/mol. The third kappa shape index (κ3) is 3.98. The molecule has 33 heavy (non-hydrogen) atoms. The van der Waals surface area contributed by atoms with Crippen LogP contribution in [0.2, 0.25) is 0 Å². The molecule has 1 N–H and O–H groups in total. The van der Waals surface area contributed by atoms with Gasteiger partial charge in [0.05, 0.1) is 0 Å². The minimum atomic E-state index is -6.87. The number of ether oxygens (including phenoxy) is 2. The summed E-state index contributed by atoms with van der Waals surface area (Å²) in [5.74, 6) is -17.5. The SMILES string of the molecule is C=C(C)C(=O)OC1(C(F)(F)F)CC(C2CCCCC2)(C(F)(F)F)OC(O)(C(F)(F)F)C1(F)F. The van der Waals surface area contributed by atoms with E-state index in [1.807, 2.05) is 0 Å². The molecule has 2 fully saturated rings. The lowest BCUT2D eigenvalue weighted by Crippen LogP contribution is -2.83. The van der Waals surface area contributed by atoms with Gasteiger partial charge < -0.3 is 14.6 Å². The van der Waals surface area contributed by atoms with Crippen LogP contribution >= 0.6 is 0 Å². The monoisotopic (exact) mass is 508 g/mol. The second kappa shape index (κ2) is 7.95. The van der Waals surface area contributed by atoms with E-state index in [-0.39, 0.29) is 19.3 Å². The minimum Gasteiger partial charge on any atom is -0.439 e. The summed E-state index contributed by atoms with van der Waals surface area (Å²) in [6.45, 7) is 3.45. The van der Waals surface area contributed by atoms with E-state index in [4.69, 9.17) is 0 Å². The summed E-state index contributed by atoms with van der Waals surface area (Å²) in [4.78, 5) is 11.8. The molecule has 0 amide bonds. The van der Waals surface area contributed by atoms with E-state index >= 15 is 0 Å². The summed E-state index contributed by atoms with van der Waals surface area (Å²) >= 11 is 0. The first-order chi connectivity index (χ1) is 14.6. The van der Waals surface area contributed by atoms with Gasteiger partial charge in [-0.3, -0.25) is 0 Å². The molecule has 0 radical (unpaired) electrons. The van der Waals surface area contributed by atoms with E-state index < -0.39 is 78.2 Å². The highest BCUT2D eigenvalue weighted by molar-refractivity contribution is 5.87. The Morgan fingerprint density at radius 2 is 1.42 bits per heavy atom. The number of rotatable bonds is 3. The number of carbonyl (C=O) groups excluding carboxylic acids is 1. The highest BCUT2D eigenvalue weighted by atomic mass is 19.4. The molecule has 3 atom stereocenters. The van der Waals surface area contributed by atoms with Gasteiger partial charge in [-0.1, -0.05) is 25.8 Å². The quantitative estimate of drug-likeness (QED) is 0.307. The van der Waals surface area contributed by atoms with Crippen LogP contribution in [-0.4, -0.2) is 52.5 Å². The van der Waals surface area contributed by atoms with Crippen molar-refractivity contribution in [3.63, 3.8) is 0 Å². The standard InChI is InChI=1S/C18H19F11O4/c1-9(2)11(30)32-13(17(24,25)26)8-12(16(21,22)23,10-6-4-3-5-7-10)33-15(31,14(13,19)20)18(27,28)29/h10,31H,1,3-8H2,2H3. The van der Waals surface area contributed by atoms with Crippen LogP contribution in [0.4, 0.5) is 48.3 Å². The van der Waals surface area contributed by atoms with E-state index in [9.17, 15) is 58.2 Å². The fourth-order valence-electron chi connectivity index (χ4n) is 4.22. The molecule has 3 unspecified atom stereocenters. The molecule has 15 heteroatoms. The van der Waals surface area contributed by atoms with Crippen molar-refractivity contribution in [2.45, 2.75) is 86.9 Å². The van der Waals surface area contributed by atoms with Crippen molar-refractivity contribution in [2.75, 3.05) is 0 Å². The molecular formula is C18H19F11O4. The van der Waals surface area contributed by atoms with Crippen LogP contribution in [0.5, 0.6) is 0 Å². The van der Waals surface area contributed by atoms with Gasteiger partial charge in [-0.15, -0.1) is 0 Å². The Morgan fingerprint density at radius 1 is 0.939 bits per heavy atom. The number of hydrogen-bond donors (Lipinski definition) is 1. The van der Waals surface area contributed by atoms with Gasteiger partial charge in [0.25, 0.3) is 5.60 Å². The average molecular weight is 508 g/mol. The molecule has 0 spiro atoms. The molecule has 1 heterocycles. The highest BCUT2D eigenvalue weighted by Gasteiger charge is 2.93. The Labute approximate surface area is 179 Å². The van der Waals surface area contributed by atoms with Crippen molar-refractivity contribution in [1.29, 1.82) is 0 Å². The smallest absolute Gasteiger partial charge is 0.439 e. The fraction of sp³-hybridized carbons (Fsp3) is 0.833. The van der Waals surface area contributed by atoms with E-state index in [2.05, 4.69) is 16.1 Å². The maximum absolute atomic E-state index is 15.0. The van der Waals surface area contributed by atoms with Crippen LogP contribution in [0, 0.1) is 5.92 Å². The van der Waals surface area contributed by atoms with Gasteiger partial charge in [-0.2, -0.15) is 48.3 Å². The first kappa shape index (κ1) is 27.6. The number of hydrogen-bond acceptors (Lipinski definition) is 4. The van der Waals surface area contributed by atoms with E-state index in [1.165, 1.54) is 0 Å². The van der Waals surface area contributed by atoms with Crippen LogP contribution in [0.15, 0.2) is 12.2 Å². The van der Waals surface area contributed by atoms with Gasteiger partial charge in [0.1, 0.15) is 0 Å². The summed E-state index contributed by atoms with van der Waals surface area (Å²) in [5, 5.41) is 9.80. The highest BCUT2D eigenvalue weighted by Crippen LogP contribution is 2.66. The number of halogens is 11. The Morgan fingerprint density at radius 3 is 1.79 bits per heavy atom. The van der Waals surface area contributed by atoms with Crippen LogP contribution in [0.25, 0.3) is 0 Å². The molecule has 1 aliphatic carbocycles. The van der Waals surface area contributed by atoms with Crippen molar-refractivity contribution in [2.24, 2.45) is 5.92 Å². The molecule has 2 aliphatic rings. The molecule has 0 aromatic heterocycles. The van der Waals surface area contributed by atoms with Crippen LogP contribution in [-0.2, 0) is 14.3 Å². The van der Waals surface area contributed by atoms with E-state index in [0.717, 1.165) is 0 Å². The molecule has 1 saturated carbocycles. The van der Waals surface area contributed by atoms with Crippen molar-refractivity contribution in [3.8, 4) is 0 Å². The first-order valence-corrected chi connectivity index (χ1v) is 9.49. The Bertz CT molecular complexity index is 782. The summed E-state index contributed by atoms with van der Waals surface area (Å²) in [7, 11) is 0. The topological polar surface area (TPSA) is 55.8 Å². The fourth-order valence-corrected chi connectivity index (χ4v) is 4.22. The van der Waals surface area contributed by atoms with Crippen molar-refractivity contribution < 1.29 is 67.7 Å². The van der Waals surface area contributed by atoms with Gasteiger partial charge in [-0.05, 0) is 25.7 Å². The van der Waals surface area contributed by atoms with Crippen LogP contribution < -0.4 is 0 Å². The van der Waals surface area contributed by atoms with E-state index in [1.54, 1.807) is 0 Å². The molecule has 4 nitrogen and oxygen atoms in total. The summed E-state index contributed by atoms with van der Waals surface area (Å²) in [6, 6.07) is 0. The van der Waals surface area contributed by atoms with Gasteiger partial charge >= 0.3 is 36.2 Å². The summed E-state index contributed by atoms with van der Waals surface area (Å²) < 4.78 is 163. The molecule has 0 aromatic carbocycles. The van der Waals surface area contributed by atoms with Crippen LogP contribution in [0.3, 0.4) is 0 Å². The van der Waals surface area contributed by atoms with Gasteiger partial charge in [0, 0.05) is 12.0 Å². The average Bonchev–Trinajstić information content (AvgIpc) is 2.63. The normalized spacial score (nSPS) is 34.1. The number of alkyl halides is 11. The molecule has 192 valence electrons. The summed E-state index contributed by atoms with van der Waals surface area (Å²) in [5.41, 5.74) is -11.4. The predicted molar refractivity (Wildman–Crippen MR) is 86.7 cm³/mol. The second-order valence-electron chi connectivity index (χ2n) is 8.21. The third-order valence-electron chi connectivity index (χ3n) is 5.98. The zero-order valence-corrected chi connectivity index (χ0v) is 16.9. The molecule has 0 aromatic rings. The molecule has 1 aliphatic heterocycles. The lowest BCUT2D eigenvalue weighted by molar-refractivity contribution is -0.541. The van der Waals surface area contributed by atoms with Gasteiger partial charge in [-0.25, -0.2) is 4.79 Å². The number of carbonyl (C=O) groups is 1. The van der Waals surface area contributed by atoms with Crippen molar-refractivity contribution >= 4 is 5.97 Å². The Kier molecular flexibility index (Phi) is 6.65. The first-order valence-electron chi connectivity index (χ1n) is 9.49. The number of aliphatic hydroxyl groups is 1. The Balaban J connectivity index is 2.97. The zero-order valence-electron chi connectivity index (χ0n) is 16.9. The lowest BCUT2D eigenvalue weighted by Gasteiger charge is -2.59. The minimum absolute atomic E-state index is 0.0860. The predicted octanol–water partition coefficient (Wildman–Crippen LogP) is 5.59. The zero-order chi connectivity index (χ0) is 25.9. The van der Waals surface area contributed by atoms with E-state index in [0.29, 0.717) is 6.92 Å². The van der Waals surface area contributed by atoms with Crippen molar-refractivity contribution in [3.05, 3.63) is 12.2 Å². The third-order valence-corrected chi connectivity index (χ3v) is 5.98. The second-order valence-corrected chi connectivity index (χ2v) is 8.21. The maximum atomic E-state index is 15.0. The molecule has 2 rings (SSSR count). The molecule has 1 saturated heterocycles. The Hall–Kier alpha value is -1.64. The van der Waals surface area contributed by atoms with Crippen LogP contribution in [0.1, 0.15) is 45.4 Å². The van der Waals surface area contributed by atoms with Crippen molar-refractivity contribution in [1.82, 2.24) is 0 Å². The molecule has 0 bridgehead atoms. The summed E-state index contributed by atoms with van der Waals surface area (Å²) in [6.07, 6.45) is -23.8. The lowest BCUT2D eigenvalue weighted by atomic mass is 9.66. The van der Waals surface area contributed by atoms with Gasteiger partial charge in [0.15, 0.2) is 5.60 Å².